The first kappa shape index (κ1) is 31.6. The van der Waals surface area contributed by atoms with Gasteiger partial charge in [0.15, 0.2) is 0 Å². The Morgan fingerprint density at radius 3 is 0.667 bits per heavy atom. The molecule has 0 bridgehead atoms. The maximum absolute atomic E-state index is 5.37. The van der Waals surface area contributed by atoms with E-state index in [0.29, 0.717) is 0 Å². The van der Waals surface area contributed by atoms with E-state index in [1.165, 1.54) is 116 Å². The van der Waals surface area contributed by atoms with E-state index in [1.807, 2.05) is 0 Å². The first-order valence-electron chi connectivity index (χ1n) is 12.3. The molecule has 0 aromatic rings. The highest BCUT2D eigenvalue weighted by molar-refractivity contribution is 4.45. The molecule has 3 nitrogen and oxygen atoms in total. The second kappa shape index (κ2) is 36.7. The third-order valence-electron chi connectivity index (χ3n) is 4.67. The van der Waals surface area contributed by atoms with E-state index in [0.717, 1.165) is 19.6 Å². The fourth-order valence-electron chi connectivity index (χ4n) is 2.77. The molecule has 0 radical (unpaired) electrons. The lowest BCUT2D eigenvalue weighted by Gasteiger charge is -1.97. The summed E-state index contributed by atoms with van der Waals surface area (Å²) in [6, 6.07) is 0. The van der Waals surface area contributed by atoms with Gasteiger partial charge in [0, 0.05) is 0 Å². The molecule has 0 heterocycles. The summed E-state index contributed by atoms with van der Waals surface area (Å²) < 4.78 is 0. The Hall–Kier alpha value is -0.120. The lowest BCUT2D eigenvalue weighted by Crippen LogP contribution is -1.97. The number of unbranched alkanes of at least 4 members (excludes halogenated alkanes) is 15. The van der Waals surface area contributed by atoms with E-state index in [1.54, 1.807) is 0 Å². The van der Waals surface area contributed by atoms with Crippen LogP contribution in [0.15, 0.2) is 0 Å². The van der Waals surface area contributed by atoms with Crippen molar-refractivity contribution in [2.45, 2.75) is 136 Å². The van der Waals surface area contributed by atoms with Crippen molar-refractivity contribution in [1.29, 1.82) is 0 Å². The summed E-state index contributed by atoms with van der Waals surface area (Å²) in [5.74, 6) is 0. The predicted octanol–water partition coefficient (Wildman–Crippen LogP) is 6.92. The van der Waals surface area contributed by atoms with Gasteiger partial charge in [0.25, 0.3) is 0 Å². The van der Waals surface area contributed by atoms with E-state index in [4.69, 9.17) is 17.2 Å². The highest BCUT2D eigenvalue weighted by Crippen LogP contribution is 2.05. The third kappa shape index (κ3) is 46.2. The zero-order chi connectivity index (χ0) is 20.8. The minimum absolute atomic E-state index is 0.865. The van der Waals surface area contributed by atoms with Crippen LogP contribution in [0, 0.1) is 0 Å². The van der Waals surface area contributed by atoms with Crippen LogP contribution in [0.25, 0.3) is 0 Å². The van der Waals surface area contributed by atoms with Crippen LogP contribution >= 0.6 is 0 Å². The molecule has 27 heavy (non-hydrogen) atoms. The molecule has 0 atom stereocenters. The van der Waals surface area contributed by atoms with Gasteiger partial charge in [-0.2, -0.15) is 0 Å². The summed E-state index contributed by atoms with van der Waals surface area (Å²) in [5.41, 5.74) is 16.0. The van der Waals surface area contributed by atoms with Gasteiger partial charge >= 0.3 is 0 Å². The lowest BCUT2D eigenvalue weighted by molar-refractivity contribution is 0.593. The first-order valence-corrected chi connectivity index (χ1v) is 12.3. The Balaban J connectivity index is -0.000000322. The minimum atomic E-state index is 0.865. The fourth-order valence-corrected chi connectivity index (χ4v) is 2.77. The molecule has 0 aliphatic carbocycles. The first-order chi connectivity index (χ1) is 13.2. The molecule has 0 amide bonds. The van der Waals surface area contributed by atoms with E-state index in [9.17, 15) is 0 Å². The zero-order valence-electron chi connectivity index (χ0n) is 19.6. The van der Waals surface area contributed by atoms with Crippen molar-refractivity contribution < 1.29 is 0 Å². The van der Waals surface area contributed by atoms with Crippen molar-refractivity contribution >= 4 is 0 Å². The van der Waals surface area contributed by atoms with Gasteiger partial charge in [-0.15, -0.1) is 0 Å². The molecule has 3 heteroatoms. The van der Waals surface area contributed by atoms with Crippen LogP contribution in [0.5, 0.6) is 0 Å². The largest absolute Gasteiger partial charge is 0.330 e. The van der Waals surface area contributed by atoms with E-state index >= 15 is 0 Å². The van der Waals surface area contributed by atoms with Crippen molar-refractivity contribution in [2.75, 3.05) is 19.6 Å². The van der Waals surface area contributed by atoms with Crippen LogP contribution in [0.4, 0.5) is 0 Å². The quantitative estimate of drug-likeness (QED) is 0.223. The summed E-state index contributed by atoms with van der Waals surface area (Å²) in [6.45, 7) is 9.31. The van der Waals surface area contributed by atoms with Crippen LogP contribution < -0.4 is 17.2 Å². The molecule has 0 fully saturated rings. The Bertz CT molecular complexity index is 178. The van der Waals surface area contributed by atoms with Gasteiger partial charge in [0.05, 0.1) is 0 Å². The molecular weight excluding hydrogens is 330 g/mol. The van der Waals surface area contributed by atoms with Crippen molar-refractivity contribution in [1.82, 2.24) is 0 Å². The molecule has 0 saturated heterocycles. The van der Waals surface area contributed by atoms with Crippen molar-refractivity contribution in [3.05, 3.63) is 0 Å². The van der Waals surface area contributed by atoms with E-state index < -0.39 is 0 Å². The number of rotatable bonds is 18. The second-order valence-electron chi connectivity index (χ2n) is 7.67. The van der Waals surface area contributed by atoms with Gasteiger partial charge in [0.2, 0.25) is 0 Å². The van der Waals surface area contributed by atoms with E-state index in [2.05, 4.69) is 20.8 Å². The van der Waals surface area contributed by atoms with Gasteiger partial charge in [-0.25, -0.2) is 0 Å². The summed E-state index contributed by atoms with van der Waals surface area (Å²) in [4.78, 5) is 0. The molecule has 0 rings (SSSR count). The molecule has 0 unspecified atom stereocenters. The topological polar surface area (TPSA) is 78.1 Å². The molecular formula is C24H57N3. The van der Waals surface area contributed by atoms with Crippen molar-refractivity contribution in [2.24, 2.45) is 17.2 Å². The molecule has 0 aliphatic heterocycles. The Morgan fingerprint density at radius 2 is 0.481 bits per heavy atom. The van der Waals surface area contributed by atoms with Crippen LogP contribution in [-0.4, -0.2) is 19.6 Å². The SMILES string of the molecule is CCCCCCCCCN.CCCCCCCCN.CCCCCCCN. The second-order valence-corrected chi connectivity index (χ2v) is 7.67. The number of hydrogen-bond acceptors (Lipinski definition) is 3. The summed E-state index contributed by atoms with van der Waals surface area (Å²) in [7, 11) is 0. The van der Waals surface area contributed by atoms with Crippen LogP contribution in [-0.2, 0) is 0 Å². The van der Waals surface area contributed by atoms with Crippen molar-refractivity contribution in [3.63, 3.8) is 0 Å². The molecule has 0 spiro atoms. The standard InChI is InChI=1S/C9H21N.C8H19N.C7H17N/c1-2-3-4-5-6-7-8-9-10;1-2-3-4-5-6-7-8-9;1-2-3-4-5-6-7-8/h2-10H2,1H3;2-9H2,1H3;2-8H2,1H3. The molecule has 0 aromatic carbocycles. The van der Waals surface area contributed by atoms with Crippen molar-refractivity contribution in [3.8, 4) is 0 Å². The predicted molar refractivity (Wildman–Crippen MR) is 127 cm³/mol. The fraction of sp³-hybridized carbons (Fsp3) is 1.00. The minimum Gasteiger partial charge on any atom is -0.330 e. The smallest absolute Gasteiger partial charge is 0.00773 e. The van der Waals surface area contributed by atoms with Gasteiger partial charge in [-0.05, 0) is 38.9 Å². The van der Waals surface area contributed by atoms with Crippen LogP contribution in [0.2, 0.25) is 0 Å². The molecule has 0 aromatic heterocycles. The molecule has 0 aliphatic rings. The molecule has 168 valence electrons. The van der Waals surface area contributed by atoms with Crippen LogP contribution in [0.3, 0.4) is 0 Å². The highest BCUT2D eigenvalue weighted by Gasteiger charge is 1.88. The Labute approximate surface area is 173 Å². The summed E-state index contributed by atoms with van der Waals surface area (Å²) in [5, 5.41) is 0. The normalized spacial score (nSPS) is 10.0. The van der Waals surface area contributed by atoms with Gasteiger partial charge in [0.1, 0.15) is 0 Å². The molecule has 0 saturated carbocycles. The average molecular weight is 388 g/mol. The number of nitrogens with two attached hydrogens (primary N) is 3. The maximum Gasteiger partial charge on any atom is -0.00773 e. The van der Waals surface area contributed by atoms with Gasteiger partial charge in [-0.3, -0.25) is 0 Å². The lowest BCUT2D eigenvalue weighted by atomic mass is 10.1. The van der Waals surface area contributed by atoms with Gasteiger partial charge in [-0.1, -0.05) is 117 Å². The van der Waals surface area contributed by atoms with Crippen LogP contribution in [0.1, 0.15) is 136 Å². The third-order valence-corrected chi connectivity index (χ3v) is 4.67. The Morgan fingerprint density at radius 1 is 0.296 bits per heavy atom. The summed E-state index contributed by atoms with van der Waals surface area (Å²) in [6.07, 6.45) is 24.2. The monoisotopic (exact) mass is 387 g/mol. The number of hydrogen-bond donors (Lipinski definition) is 3. The van der Waals surface area contributed by atoms with Gasteiger partial charge < -0.3 is 17.2 Å². The summed E-state index contributed by atoms with van der Waals surface area (Å²) >= 11 is 0. The zero-order valence-corrected chi connectivity index (χ0v) is 19.6. The average Bonchev–Trinajstić information content (AvgIpc) is 2.69. The molecule has 6 N–H and O–H groups in total. The Kier molecular flexibility index (Phi) is 43.0. The maximum atomic E-state index is 5.37. The van der Waals surface area contributed by atoms with E-state index in [-0.39, 0.29) is 0 Å². The highest BCUT2D eigenvalue weighted by atomic mass is 14.5.